The van der Waals surface area contributed by atoms with Crippen LogP contribution in [0.4, 0.5) is 5.69 Å². The number of nitrogens with one attached hydrogen (secondary N) is 1. The Labute approximate surface area is 176 Å². The molecule has 2 aromatic rings. The Morgan fingerprint density at radius 1 is 1.20 bits per heavy atom. The molecule has 0 spiro atoms. The molecule has 2 unspecified atom stereocenters. The number of rotatable bonds is 6. The zero-order chi connectivity index (χ0) is 22.1. The van der Waals surface area contributed by atoms with Crippen LogP contribution in [0.1, 0.15) is 24.1 Å². The molecule has 1 amide bonds. The van der Waals surface area contributed by atoms with E-state index in [1.54, 1.807) is 50.6 Å². The molecule has 0 fully saturated rings. The molecule has 0 bridgehead atoms. The van der Waals surface area contributed by atoms with E-state index in [1.807, 2.05) is 13.8 Å². The summed E-state index contributed by atoms with van der Waals surface area (Å²) in [4.78, 5) is 13.0. The highest BCUT2D eigenvalue weighted by Gasteiger charge is 2.35. The fourth-order valence-corrected chi connectivity index (χ4v) is 4.29. The number of sulfonamides is 1. The van der Waals surface area contributed by atoms with Crippen molar-refractivity contribution in [2.45, 2.75) is 26.0 Å². The minimum atomic E-state index is -3.58. The Bertz CT molecular complexity index is 1050. The Morgan fingerprint density at radius 2 is 1.93 bits per heavy atom. The molecule has 1 aliphatic heterocycles. The number of methoxy groups -OCH3 is 2. The molecule has 0 saturated carbocycles. The number of fused-ring (bicyclic) bond motifs is 1. The molecule has 1 N–H and O–H groups in total. The van der Waals surface area contributed by atoms with Crippen molar-refractivity contribution in [2.24, 2.45) is 0 Å². The largest absolute Gasteiger partial charge is 0.497 e. The van der Waals surface area contributed by atoms with Gasteiger partial charge >= 0.3 is 0 Å². The van der Waals surface area contributed by atoms with E-state index in [2.05, 4.69) is 5.32 Å². The van der Waals surface area contributed by atoms with Gasteiger partial charge in [-0.2, -0.15) is 0 Å². The zero-order valence-electron chi connectivity index (χ0n) is 17.6. The summed E-state index contributed by atoms with van der Waals surface area (Å²) in [5.41, 5.74) is 2.06. The SMILES string of the molecule is COc1ccc(OC)c(C(C)NC(=O)C2CN(S(C)(=O)=O)c3ccc(C)cc3O2)c1. The number of anilines is 1. The molecule has 3 rings (SSSR count). The van der Waals surface area contributed by atoms with Crippen LogP contribution in [0.5, 0.6) is 17.2 Å². The molecule has 8 nitrogen and oxygen atoms in total. The number of ether oxygens (including phenoxy) is 3. The van der Waals surface area contributed by atoms with Crippen LogP contribution >= 0.6 is 0 Å². The lowest BCUT2D eigenvalue weighted by molar-refractivity contribution is -0.128. The molecule has 0 radical (unpaired) electrons. The summed E-state index contributed by atoms with van der Waals surface area (Å²) in [6.45, 7) is 3.57. The quantitative estimate of drug-likeness (QED) is 0.750. The van der Waals surface area contributed by atoms with E-state index in [4.69, 9.17) is 14.2 Å². The Hall–Kier alpha value is -2.94. The fraction of sp³-hybridized carbons (Fsp3) is 0.381. The van der Waals surface area contributed by atoms with Crippen molar-refractivity contribution in [3.8, 4) is 17.2 Å². The molecule has 30 heavy (non-hydrogen) atoms. The van der Waals surface area contributed by atoms with Crippen LogP contribution < -0.4 is 23.8 Å². The van der Waals surface area contributed by atoms with Crippen molar-refractivity contribution in [3.05, 3.63) is 47.5 Å². The topological polar surface area (TPSA) is 94.2 Å². The van der Waals surface area contributed by atoms with Gasteiger partial charge in [0.2, 0.25) is 10.0 Å². The summed E-state index contributed by atoms with van der Waals surface area (Å²) in [6, 6.07) is 10.1. The molecule has 0 aromatic heterocycles. The second-order valence-corrected chi connectivity index (χ2v) is 9.12. The first kappa shape index (κ1) is 21.8. The molecule has 2 atom stereocenters. The van der Waals surface area contributed by atoms with E-state index in [0.29, 0.717) is 22.9 Å². The second kappa shape index (κ2) is 8.43. The highest BCUT2D eigenvalue weighted by molar-refractivity contribution is 7.92. The highest BCUT2D eigenvalue weighted by atomic mass is 32.2. The lowest BCUT2D eigenvalue weighted by Crippen LogP contribution is -2.50. The van der Waals surface area contributed by atoms with Gasteiger partial charge in [0, 0.05) is 5.56 Å². The first-order chi connectivity index (χ1) is 14.1. The van der Waals surface area contributed by atoms with Gasteiger partial charge in [-0.05, 0) is 49.7 Å². The van der Waals surface area contributed by atoms with Crippen molar-refractivity contribution in [1.82, 2.24) is 5.32 Å². The monoisotopic (exact) mass is 434 g/mol. The van der Waals surface area contributed by atoms with Gasteiger partial charge in [-0.1, -0.05) is 6.07 Å². The van der Waals surface area contributed by atoms with Crippen molar-refractivity contribution >= 4 is 21.6 Å². The smallest absolute Gasteiger partial charge is 0.263 e. The molecule has 0 saturated heterocycles. The summed E-state index contributed by atoms with van der Waals surface area (Å²) >= 11 is 0. The number of hydrogen-bond donors (Lipinski definition) is 1. The summed E-state index contributed by atoms with van der Waals surface area (Å²) in [5.74, 6) is 1.17. The highest BCUT2D eigenvalue weighted by Crippen LogP contribution is 2.36. The Balaban J connectivity index is 1.85. The van der Waals surface area contributed by atoms with Gasteiger partial charge in [0.05, 0.1) is 38.7 Å². The average molecular weight is 435 g/mol. The molecule has 0 aliphatic carbocycles. The van der Waals surface area contributed by atoms with Crippen molar-refractivity contribution < 1.29 is 27.4 Å². The van der Waals surface area contributed by atoms with Gasteiger partial charge in [-0.25, -0.2) is 8.42 Å². The molecule has 9 heteroatoms. The van der Waals surface area contributed by atoms with E-state index >= 15 is 0 Å². The molecule has 2 aromatic carbocycles. The van der Waals surface area contributed by atoms with Crippen LogP contribution in [0.3, 0.4) is 0 Å². The van der Waals surface area contributed by atoms with Crippen molar-refractivity contribution in [2.75, 3.05) is 31.3 Å². The maximum atomic E-state index is 13.0. The number of carbonyl (C=O) groups excluding carboxylic acids is 1. The van der Waals surface area contributed by atoms with Crippen LogP contribution in [0.15, 0.2) is 36.4 Å². The molecule has 1 heterocycles. The molecular weight excluding hydrogens is 408 g/mol. The maximum Gasteiger partial charge on any atom is 0.263 e. The van der Waals surface area contributed by atoms with E-state index in [-0.39, 0.29) is 6.54 Å². The molecule has 1 aliphatic rings. The summed E-state index contributed by atoms with van der Waals surface area (Å²) < 4.78 is 42.3. The Morgan fingerprint density at radius 3 is 2.57 bits per heavy atom. The molecule has 162 valence electrons. The van der Waals surface area contributed by atoms with Gasteiger partial charge < -0.3 is 19.5 Å². The fourth-order valence-electron chi connectivity index (χ4n) is 3.37. The predicted molar refractivity (Wildman–Crippen MR) is 114 cm³/mol. The lowest BCUT2D eigenvalue weighted by Gasteiger charge is -2.34. The number of aryl methyl sites for hydroxylation is 1. The zero-order valence-corrected chi connectivity index (χ0v) is 18.4. The third kappa shape index (κ3) is 4.46. The number of carbonyl (C=O) groups is 1. The standard InChI is InChI=1S/C21H26N2O6S/c1-13-6-8-17-19(10-13)29-20(12-23(17)30(5,25)26)21(24)22-14(2)16-11-15(27-3)7-9-18(16)28-4/h6-11,14,20H,12H2,1-5H3,(H,22,24). The third-order valence-corrected chi connectivity index (χ3v) is 6.09. The van der Waals surface area contributed by atoms with Gasteiger partial charge in [-0.15, -0.1) is 0 Å². The van der Waals surface area contributed by atoms with Crippen molar-refractivity contribution in [1.29, 1.82) is 0 Å². The van der Waals surface area contributed by atoms with Crippen LogP contribution in [0.2, 0.25) is 0 Å². The first-order valence-electron chi connectivity index (χ1n) is 9.41. The van der Waals surface area contributed by atoms with E-state index in [1.165, 1.54) is 4.31 Å². The summed E-state index contributed by atoms with van der Waals surface area (Å²) in [5, 5.41) is 2.89. The minimum absolute atomic E-state index is 0.108. The van der Waals surface area contributed by atoms with Gasteiger partial charge in [0.25, 0.3) is 5.91 Å². The predicted octanol–water partition coefficient (Wildman–Crippen LogP) is 2.42. The number of amides is 1. The normalized spacial score (nSPS) is 16.8. The van der Waals surface area contributed by atoms with E-state index in [0.717, 1.165) is 17.4 Å². The van der Waals surface area contributed by atoms with Crippen LogP contribution in [-0.4, -0.2) is 47.4 Å². The number of nitrogens with zero attached hydrogens (tertiary/aromatic N) is 1. The van der Waals surface area contributed by atoms with Gasteiger partial charge in [0.15, 0.2) is 6.10 Å². The van der Waals surface area contributed by atoms with Gasteiger partial charge in [0.1, 0.15) is 17.2 Å². The van der Waals surface area contributed by atoms with E-state index in [9.17, 15) is 13.2 Å². The minimum Gasteiger partial charge on any atom is -0.497 e. The maximum absolute atomic E-state index is 13.0. The van der Waals surface area contributed by atoms with Crippen molar-refractivity contribution in [3.63, 3.8) is 0 Å². The number of benzene rings is 2. The Kier molecular flexibility index (Phi) is 6.12. The lowest BCUT2D eigenvalue weighted by atomic mass is 10.1. The summed E-state index contributed by atoms with van der Waals surface area (Å²) in [7, 11) is -0.474. The first-order valence-corrected chi connectivity index (χ1v) is 11.3. The second-order valence-electron chi connectivity index (χ2n) is 7.21. The van der Waals surface area contributed by atoms with Crippen LogP contribution in [-0.2, 0) is 14.8 Å². The number of hydrogen-bond acceptors (Lipinski definition) is 6. The molecular formula is C21H26N2O6S. The third-order valence-electron chi connectivity index (χ3n) is 4.94. The van der Waals surface area contributed by atoms with E-state index < -0.39 is 28.1 Å². The summed E-state index contributed by atoms with van der Waals surface area (Å²) in [6.07, 6.45) is 0.119. The van der Waals surface area contributed by atoms with Crippen LogP contribution in [0.25, 0.3) is 0 Å². The van der Waals surface area contributed by atoms with Crippen LogP contribution in [0, 0.1) is 6.92 Å². The average Bonchev–Trinajstić information content (AvgIpc) is 2.71. The van der Waals surface area contributed by atoms with Gasteiger partial charge in [-0.3, -0.25) is 9.10 Å².